The van der Waals surface area contributed by atoms with Crippen LogP contribution in [0, 0.1) is 17.8 Å². The lowest BCUT2D eigenvalue weighted by Crippen LogP contribution is -2.41. The highest BCUT2D eigenvalue weighted by atomic mass is 16.5. The third-order valence-corrected chi connectivity index (χ3v) is 9.96. The van der Waals surface area contributed by atoms with Gasteiger partial charge >= 0.3 is 5.76 Å². The number of aromatic amines is 1. The van der Waals surface area contributed by atoms with E-state index in [0.29, 0.717) is 41.4 Å². The lowest BCUT2D eigenvalue weighted by Gasteiger charge is -2.37. The number of piperidine rings is 1. The number of aromatic nitrogens is 6. The van der Waals surface area contributed by atoms with Crippen molar-refractivity contribution in [1.29, 1.82) is 0 Å². The highest BCUT2D eigenvalue weighted by Gasteiger charge is 2.40. The molecule has 2 saturated carbocycles. The zero-order valence-electron chi connectivity index (χ0n) is 22.7. The molecule has 2 saturated heterocycles. The summed E-state index contributed by atoms with van der Waals surface area (Å²) < 4.78 is 7.25. The summed E-state index contributed by atoms with van der Waals surface area (Å²) in [6, 6.07) is 1.40. The number of nitrogens with one attached hydrogen (secondary N) is 2. The van der Waals surface area contributed by atoms with Crippen LogP contribution in [0.1, 0.15) is 90.9 Å². The van der Waals surface area contributed by atoms with Crippen LogP contribution in [0.25, 0.3) is 22.8 Å². The molecule has 2 N–H and O–H groups in total. The Hall–Kier alpha value is -2.91. The standard InChI is InChI=1S/C28H40N8O2/c1-16-9-11-18(12-10-16)15-35-22-23(29-17(2)19-5-3-6-19)30-25(26-33-28(37)38-34-26)31-24(22)32-27(35)36-20-7-4-8-21(36)14-13-20/h16-21H,3-15H2,1-2H3,(H,29,30,31)(H,33,34,37)/t16-,17-,18-,20?,21?/m1/s1. The first-order valence-corrected chi connectivity index (χ1v) is 14.9. The van der Waals surface area contributed by atoms with Crippen LogP contribution in [0.5, 0.6) is 0 Å². The Morgan fingerprint density at radius 3 is 2.37 bits per heavy atom. The molecule has 0 aromatic carbocycles. The summed E-state index contributed by atoms with van der Waals surface area (Å²) in [6.45, 7) is 5.59. The van der Waals surface area contributed by atoms with Crippen molar-refractivity contribution in [2.24, 2.45) is 17.8 Å². The fourth-order valence-corrected chi connectivity index (χ4v) is 7.41. The van der Waals surface area contributed by atoms with Crippen molar-refractivity contribution in [2.75, 3.05) is 10.2 Å². The van der Waals surface area contributed by atoms with Gasteiger partial charge < -0.3 is 14.8 Å². The van der Waals surface area contributed by atoms with Gasteiger partial charge in [0, 0.05) is 24.7 Å². The molecular formula is C28H40N8O2. The highest BCUT2D eigenvalue weighted by molar-refractivity contribution is 5.87. The van der Waals surface area contributed by atoms with Crippen molar-refractivity contribution in [3.63, 3.8) is 0 Å². The molecule has 204 valence electrons. The van der Waals surface area contributed by atoms with Gasteiger partial charge in [-0.2, -0.15) is 4.98 Å². The van der Waals surface area contributed by atoms with E-state index in [0.717, 1.165) is 29.7 Å². The molecule has 3 atom stereocenters. The SMILES string of the molecule is C[C@@H](Nc1nc(-c2noc(=O)[nH]2)nc2nc(N3C4CCCC3CC4)n(C[C@H]3CC[C@H](C)CC3)c12)C1CCC1. The molecule has 0 spiro atoms. The average molecular weight is 521 g/mol. The Kier molecular flexibility index (Phi) is 6.15. The Labute approximate surface area is 223 Å². The quantitative estimate of drug-likeness (QED) is 0.441. The Morgan fingerprint density at radius 2 is 1.71 bits per heavy atom. The maximum absolute atomic E-state index is 11.7. The average Bonchev–Trinajstić information content (AvgIpc) is 3.52. The maximum Gasteiger partial charge on any atom is 0.439 e. The first-order valence-electron chi connectivity index (χ1n) is 14.9. The lowest BCUT2D eigenvalue weighted by molar-refractivity contribution is 0.266. The zero-order chi connectivity index (χ0) is 25.8. The number of anilines is 2. The van der Waals surface area contributed by atoms with Gasteiger partial charge in [0.05, 0.1) is 0 Å². The molecule has 0 amide bonds. The minimum atomic E-state index is -0.608. The summed E-state index contributed by atoms with van der Waals surface area (Å²) in [5, 5.41) is 7.65. The van der Waals surface area contributed by atoms with Crippen LogP contribution in [-0.2, 0) is 6.54 Å². The minimum absolute atomic E-state index is 0.242. The van der Waals surface area contributed by atoms with Crippen LogP contribution in [-0.4, -0.2) is 47.8 Å². The number of H-pyrrole nitrogens is 1. The predicted molar refractivity (Wildman–Crippen MR) is 146 cm³/mol. The van der Waals surface area contributed by atoms with E-state index in [2.05, 4.69) is 38.8 Å². The number of fused-ring (bicyclic) bond motifs is 3. The van der Waals surface area contributed by atoms with Gasteiger partial charge in [-0.05, 0) is 82.5 Å². The molecule has 0 radical (unpaired) electrons. The molecule has 5 heterocycles. The summed E-state index contributed by atoms with van der Waals surface area (Å²) in [5.41, 5.74) is 1.66. The number of nitrogens with zero attached hydrogens (tertiary/aromatic N) is 6. The fraction of sp³-hybridized carbons (Fsp3) is 0.750. The third-order valence-electron chi connectivity index (χ3n) is 9.96. The first-order chi connectivity index (χ1) is 18.5. The number of hydrogen-bond donors (Lipinski definition) is 2. The van der Waals surface area contributed by atoms with Crippen molar-refractivity contribution in [3.8, 4) is 11.6 Å². The molecule has 38 heavy (non-hydrogen) atoms. The van der Waals surface area contributed by atoms with E-state index in [9.17, 15) is 4.79 Å². The van der Waals surface area contributed by atoms with Crippen LogP contribution in [0.2, 0.25) is 0 Å². The normalized spacial score (nSPS) is 28.5. The smallest absolute Gasteiger partial charge is 0.365 e. The molecule has 4 fully saturated rings. The van der Waals surface area contributed by atoms with E-state index in [4.69, 9.17) is 19.5 Å². The Balaban J connectivity index is 1.37. The summed E-state index contributed by atoms with van der Waals surface area (Å²) in [4.78, 5) is 32.0. The molecule has 3 aromatic heterocycles. The molecule has 4 aliphatic rings. The summed E-state index contributed by atoms with van der Waals surface area (Å²) in [6.07, 6.45) is 15.2. The summed E-state index contributed by atoms with van der Waals surface area (Å²) in [5.74, 6) is 3.92. The Bertz CT molecular complexity index is 1330. The fourth-order valence-electron chi connectivity index (χ4n) is 7.41. The molecule has 10 nitrogen and oxygen atoms in total. The monoisotopic (exact) mass is 520 g/mol. The lowest BCUT2D eigenvalue weighted by atomic mass is 9.80. The van der Waals surface area contributed by atoms with Gasteiger partial charge in [0.1, 0.15) is 5.52 Å². The van der Waals surface area contributed by atoms with Gasteiger partial charge in [-0.25, -0.2) is 14.8 Å². The van der Waals surface area contributed by atoms with Crippen LogP contribution in [0.15, 0.2) is 9.32 Å². The van der Waals surface area contributed by atoms with E-state index < -0.39 is 5.76 Å². The second-order valence-electron chi connectivity index (χ2n) is 12.5. The summed E-state index contributed by atoms with van der Waals surface area (Å²) in [7, 11) is 0. The first kappa shape index (κ1) is 24.2. The second-order valence-corrected chi connectivity index (χ2v) is 12.5. The topological polar surface area (TPSA) is 118 Å². The minimum Gasteiger partial charge on any atom is -0.365 e. The van der Waals surface area contributed by atoms with Gasteiger partial charge in [-0.1, -0.05) is 31.3 Å². The van der Waals surface area contributed by atoms with Crippen molar-refractivity contribution in [3.05, 3.63) is 10.6 Å². The molecule has 2 aliphatic carbocycles. The van der Waals surface area contributed by atoms with E-state index >= 15 is 0 Å². The maximum atomic E-state index is 11.7. The van der Waals surface area contributed by atoms with Crippen LogP contribution in [0.3, 0.4) is 0 Å². The molecule has 7 rings (SSSR count). The van der Waals surface area contributed by atoms with Gasteiger partial charge in [0.25, 0.3) is 0 Å². The third kappa shape index (κ3) is 4.29. The van der Waals surface area contributed by atoms with E-state index in [1.165, 1.54) is 77.0 Å². The summed E-state index contributed by atoms with van der Waals surface area (Å²) >= 11 is 0. The van der Waals surface area contributed by atoms with Gasteiger partial charge in [-0.3, -0.25) is 9.51 Å². The van der Waals surface area contributed by atoms with Crippen molar-refractivity contribution in [1.82, 2.24) is 29.7 Å². The van der Waals surface area contributed by atoms with Crippen molar-refractivity contribution in [2.45, 2.75) is 116 Å². The van der Waals surface area contributed by atoms with E-state index in [1.54, 1.807) is 0 Å². The van der Waals surface area contributed by atoms with E-state index in [1.807, 2.05) is 0 Å². The van der Waals surface area contributed by atoms with Crippen LogP contribution >= 0.6 is 0 Å². The van der Waals surface area contributed by atoms with Crippen LogP contribution in [0.4, 0.5) is 11.8 Å². The van der Waals surface area contributed by atoms with E-state index in [-0.39, 0.29) is 5.82 Å². The van der Waals surface area contributed by atoms with Crippen molar-refractivity contribution >= 4 is 22.9 Å². The Morgan fingerprint density at radius 1 is 0.974 bits per heavy atom. The van der Waals surface area contributed by atoms with Gasteiger partial charge in [0.15, 0.2) is 11.5 Å². The molecule has 10 heteroatoms. The van der Waals surface area contributed by atoms with Gasteiger partial charge in [-0.15, -0.1) is 0 Å². The van der Waals surface area contributed by atoms with Crippen molar-refractivity contribution < 1.29 is 4.52 Å². The van der Waals surface area contributed by atoms with Gasteiger partial charge in [0.2, 0.25) is 17.6 Å². The highest BCUT2D eigenvalue weighted by Crippen LogP contribution is 2.42. The molecule has 2 unspecified atom stereocenters. The number of rotatable bonds is 7. The molecular weight excluding hydrogens is 480 g/mol. The second kappa shape index (κ2) is 9.68. The van der Waals surface area contributed by atoms with Crippen LogP contribution < -0.4 is 16.0 Å². The molecule has 2 aliphatic heterocycles. The number of imidazole rings is 1. The molecule has 2 bridgehead atoms. The predicted octanol–water partition coefficient (Wildman–Crippen LogP) is 5.12. The zero-order valence-corrected chi connectivity index (χ0v) is 22.7. The molecule has 3 aromatic rings. The largest absolute Gasteiger partial charge is 0.439 e. The number of hydrogen-bond acceptors (Lipinski definition) is 8.